The van der Waals surface area contributed by atoms with Crippen LogP contribution < -0.4 is 0 Å². The fraction of sp³-hybridized carbons (Fsp3) is 0.867. The first kappa shape index (κ1) is 11.4. The third-order valence-corrected chi connectivity index (χ3v) is 5.44. The van der Waals surface area contributed by atoms with Gasteiger partial charge in [0.2, 0.25) is 0 Å². The molecule has 4 bridgehead atoms. The number of ketones is 1. The molecule has 0 aliphatic heterocycles. The van der Waals surface area contributed by atoms with Crippen molar-refractivity contribution in [2.75, 3.05) is 0 Å². The summed E-state index contributed by atoms with van der Waals surface area (Å²) in [6.45, 7) is 1.73. The Morgan fingerprint density at radius 1 is 1.18 bits per heavy atom. The second-order valence-electron chi connectivity index (χ2n) is 7.21. The van der Waals surface area contributed by atoms with E-state index in [-0.39, 0.29) is 10.8 Å². The summed E-state index contributed by atoms with van der Waals surface area (Å²) in [4.78, 5) is 22.5. The summed E-state index contributed by atoms with van der Waals surface area (Å²) in [6.07, 6.45) is 10.1. The number of Topliss-reactive ketones (excluding diaryl/α,β-unsaturated/α-hetero) is 1. The van der Waals surface area contributed by atoms with Crippen LogP contribution in [0.25, 0.3) is 0 Å². The Morgan fingerprint density at radius 3 is 2.29 bits per heavy atom. The van der Waals surface area contributed by atoms with Crippen LogP contribution in [0.5, 0.6) is 0 Å². The van der Waals surface area contributed by atoms with Crippen molar-refractivity contribution in [3.63, 3.8) is 0 Å². The fourth-order valence-corrected chi connectivity index (χ4v) is 5.80. The number of aldehydes is 1. The molecule has 2 atom stereocenters. The van der Waals surface area contributed by atoms with E-state index in [1.54, 1.807) is 6.92 Å². The maximum absolute atomic E-state index is 11.5. The lowest BCUT2D eigenvalue weighted by atomic mass is 9.43. The van der Waals surface area contributed by atoms with Crippen molar-refractivity contribution in [1.82, 2.24) is 0 Å². The van der Waals surface area contributed by atoms with Crippen LogP contribution in [0.3, 0.4) is 0 Å². The molecule has 4 fully saturated rings. The van der Waals surface area contributed by atoms with E-state index in [1.165, 1.54) is 32.1 Å². The van der Waals surface area contributed by atoms with E-state index in [0.29, 0.717) is 5.78 Å². The van der Waals surface area contributed by atoms with Crippen molar-refractivity contribution in [2.45, 2.75) is 58.3 Å². The van der Waals surface area contributed by atoms with E-state index in [0.717, 1.165) is 37.4 Å². The quantitative estimate of drug-likeness (QED) is 0.700. The van der Waals surface area contributed by atoms with Gasteiger partial charge in [-0.15, -0.1) is 0 Å². The molecule has 4 aliphatic rings. The molecule has 0 spiro atoms. The summed E-state index contributed by atoms with van der Waals surface area (Å²) in [5, 5.41) is 0. The predicted molar refractivity (Wildman–Crippen MR) is 65.5 cm³/mol. The molecule has 0 aromatic rings. The minimum Gasteiger partial charge on any atom is -0.303 e. The van der Waals surface area contributed by atoms with Crippen LogP contribution in [0.15, 0.2) is 0 Å². The average molecular weight is 234 g/mol. The second-order valence-corrected chi connectivity index (χ2v) is 7.21. The van der Waals surface area contributed by atoms with Gasteiger partial charge >= 0.3 is 0 Å². The van der Waals surface area contributed by atoms with Gasteiger partial charge in [0.1, 0.15) is 12.1 Å². The zero-order chi connectivity index (χ0) is 12.1. The van der Waals surface area contributed by atoms with Crippen molar-refractivity contribution in [2.24, 2.45) is 22.7 Å². The van der Waals surface area contributed by atoms with Gasteiger partial charge in [-0.2, -0.15) is 0 Å². The standard InChI is InChI=1S/C15H22O2/c1-11(17)5-15-8-12-4-13(9-15)7-14(6-12,10-15)2-3-16/h3,12-13H,2,4-10H2,1H3. The van der Waals surface area contributed by atoms with Gasteiger partial charge in [0.15, 0.2) is 0 Å². The van der Waals surface area contributed by atoms with Gasteiger partial charge < -0.3 is 9.59 Å². The van der Waals surface area contributed by atoms with Crippen LogP contribution in [-0.2, 0) is 9.59 Å². The molecule has 0 aromatic heterocycles. The Morgan fingerprint density at radius 2 is 1.76 bits per heavy atom. The van der Waals surface area contributed by atoms with Crippen molar-refractivity contribution >= 4 is 12.1 Å². The van der Waals surface area contributed by atoms with Crippen LogP contribution in [0.4, 0.5) is 0 Å². The molecule has 0 saturated heterocycles. The molecule has 2 heteroatoms. The van der Waals surface area contributed by atoms with Crippen molar-refractivity contribution in [1.29, 1.82) is 0 Å². The van der Waals surface area contributed by atoms with Gasteiger partial charge in [-0.3, -0.25) is 0 Å². The van der Waals surface area contributed by atoms with Gasteiger partial charge in [0.05, 0.1) is 0 Å². The second kappa shape index (κ2) is 3.66. The first-order valence-electron chi connectivity index (χ1n) is 6.98. The van der Waals surface area contributed by atoms with Crippen LogP contribution in [0.2, 0.25) is 0 Å². The Kier molecular flexibility index (Phi) is 2.46. The van der Waals surface area contributed by atoms with E-state index in [2.05, 4.69) is 0 Å². The molecule has 17 heavy (non-hydrogen) atoms. The molecule has 0 amide bonds. The van der Waals surface area contributed by atoms with Gasteiger partial charge in [-0.25, -0.2) is 0 Å². The van der Waals surface area contributed by atoms with Crippen LogP contribution in [0, 0.1) is 22.7 Å². The van der Waals surface area contributed by atoms with Crippen LogP contribution >= 0.6 is 0 Å². The number of carbonyl (C=O) groups excluding carboxylic acids is 2. The normalized spacial score (nSPS) is 47.1. The lowest BCUT2D eigenvalue weighted by Gasteiger charge is -2.62. The van der Waals surface area contributed by atoms with Crippen molar-refractivity contribution in [3.8, 4) is 0 Å². The van der Waals surface area contributed by atoms with Crippen molar-refractivity contribution in [3.05, 3.63) is 0 Å². The summed E-state index contributed by atoms with van der Waals surface area (Å²) in [5.41, 5.74) is 0.556. The Balaban J connectivity index is 1.88. The van der Waals surface area contributed by atoms with E-state index in [9.17, 15) is 9.59 Å². The largest absolute Gasteiger partial charge is 0.303 e. The molecule has 0 N–H and O–H groups in total. The first-order valence-corrected chi connectivity index (χ1v) is 6.98. The minimum atomic E-state index is 0.277. The molecule has 4 rings (SSSR count). The van der Waals surface area contributed by atoms with Crippen LogP contribution in [0.1, 0.15) is 58.3 Å². The fourth-order valence-electron chi connectivity index (χ4n) is 5.80. The summed E-state index contributed by atoms with van der Waals surface area (Å²) in [6, 6.07) is 0. The monoisotopic (exact) mass is 234 g/mol. The molecule has 0 aromatic carbocycles. The first-order chi connectivity index (χ1) is 8.05. The van der Waals surface area contributed by atoms with Gasteiger partial charge in [-0.05, 0) is 68.1 Å². The number of hydrogen-bond donors (Lipinski definition) is 0. The van der Waals surface area contributed by atoms with Crippen LogP contribution in [-0.4, -0.2) is 12.1 Å². The molecule has 4 aliphatic carbocycles. The minimum absolute atomic E-state index is 0.277. The molecule has 94 valence electrons. The molecule has 2 nitrogen and oxygen atoms in total. The predicted octanol–water partition coefficient (Wildman–Crippen LogP) is 3.14. The summed E-state index contributed by atoms with van der Waals surface area (Å²) >= 11 is 0. The number of carbonyl (C=O) groups is 2. The van der Waals surface area contributed by atoms with Gasteiger partial charge in [-0.1, -0.05) is 0 Å². The lowest BCUT2D eigenvalue weighted by Crippen LogP contribution is -2.52. The third-order valence-electron chi connectivity index (χ3n) is 5.44. The molecular formula is C15H22O2. The van der Waals surface area contributed by atoms with Crippen molar-refractivity contribution < 1.29 is 9.59 Å². The summed E-state index contributed by atoms with van der Waals surface area (Å²) < 4.78 is 0. The Hall–Kier alpha value is -0.660. The SMILES string of the molecule is CC(=O)CC12CC3CC(CC(CC=O)(C3)C1)C2. The van der Waals surface area contributed by atoms with E-state index >= 15 is 0 Å². The molecule has 0 radical (unpaired) electrons. The highest BCUT2D eigenvalue weighted by atomic mass is 16.1. The molecular weight excluding hydrogens is 212 g/mol. The Bertz CT molecular complexity index is 344. The third kappa shape index (κ3) is 1.86. The number of hydrogen-bond acceptors (Lipinski definition) is 2. The molecule has 4 saturated carbocycles. The maximum atomic E-state index is 11.5. The molecule has 2 unspecified atom stereocenters. The van der Waals surface area contributed by atoms with E-state index in [1.807, 2.05) is 0 Å². The Labute approximate surface area is 103 Å². The molecule has 0 heterocycles. The lowest BCUT2D eigenvalue weighted by molar-refractivity contribution is -0.139. The number of rotatable bonds is 4. The summed E-state index contributed by atoms with van der Waals surface area (Å²) in [5.74, 6) is 1.94. The zero-order valence-electron chi connectivity index (χ0n) is 10.7. The van der Waals surface area contributed by atoms with Gasteiger partial charge in [0, 0.05) is 12.8 Å². The smallest absolute Gasteiger partial charge is 0.130 e. The topological polar surface area (TPSA) is 34.1 Å². The summed E-state index contributed by atoms with van der Waals surface area (Å²) in [7, 11) is 0. The van der Waals surface area contributed by atoms with E-state index < -0.39 is 0 Å². The zero-order valence-corrected chi connectivity index (χ0v) is 10.7. The van der Waals surface area contributed by atoms with E-state index in [4.69, 9.17) is 0 Å². The maximum Gasteiger partial charge on any atom is 0.130 e. The highest BCUT2D eigenvalue weighted by Crippen LogP contribution is 2.67. The highest BCUT2D eigenvalue weighted by molar-refractivity contribution is 5.76. The highest BCUT2D eigenvalue weighted by Gasteiger charge is 2.57. The van der Waals surface area contributed by atoms with Gasteiger partial charge in [0.25, 0.3) is 0 Å². The average Bonchev–Trinajstić information content (AvgIpc) is 2.11.